The Morgan fingerprint density at radius 1 is 1.38 bits per heavy atom. The Kier molecular flexibility index (Phi) is 4.14. The number of para-hydroxylation sites is 1. The number of hydrogen-bond acceptors (Lipinski definition) is 6. The highest BCUT2D eigenvalue weighted by Gasteiger charge is 2.41. The van der Waals surface area contributed by atoms with E-state index in [2.05, 4.69) is 0 Å². The molecule has 1 saturated heterocycles. The molecule has 2 aliphatic heterocycles. The molecule has 2 aliphatic rings. The minimum Gasteiger partial charge on any atom is -0.507 e. The van der Waals surface area contributed by atoms with Crippen LogP contribution in [0.25, 0.3) is 0 Å². The molecule has 3 rings (SSSR count). The Hall–Kier alpha value is -1.18. The fourth-order valence-electron chi connectivity index (χ4n) is 2.57. The number of thioether (sulfide) groups is 2. The van der Waals surface area contributed by atoms with Gasteiger partial charge in [0.1, 0.15) is 16.8 Å². The van der Waals surface area contributed by atoms with Crippen molar-refractivity contribution in [2.75, 3.05) is 18.6 Å². The molecule has 1 aromatic rings. The van der Waals surface area contributed by atoms with Gasteiger partial charge in [-0.25, -0.2) is 0 Å². The molecule has 5 nitrogen and oxygen atoms in total. The average Bonchev–Trinajstić information content (AvgIpc) is 3.05. The lowest BCUT2D eigenvalue weighted by molar-refractivity contribution is -0.141. The van der Waals surface area contributed by atoms with Gasteiger partial charge in [0, 0.05) is 17.1 Å². The van der Waals surface area contributed by atoms with E-state index < -0.39 is 12.0 Å². The Morgan fingerprint density at radius 2 is 2.14 bits per heavy atom. The standard InChI is InChI=1S/C14H16N2O3S2/c1-16-10(14(18)19)7-21-13(16)9-6-20-12(15-9)8-4-2-3-5-11(8)17/h2-5,9-10,13,17H,6-7H2,1H3,(H,18,19)/t9-,10?,13?/m1/s1. The van der Waals surface area contributed by atoms with Gasteiger partial charge in [0.25, 0.3) is 0 Å². The number of benzene rings is 1. The number of carboxylic acids is 1. The van der Waals surface area contributed by atoms with Crippen molar-refractivity contribution in [1.29, 1.82) is 0 Å². The van der Waals surface area contributed by atoms with Gasteiger partial charge in [-0.1, -0.05) is 12.1 Å². The van der Waals surface area contributed by atoms with E-state index >= 15 is 0 Å². The van der Waals surface area contributed by atoms with E-state index in [9.17, 15) is 15.0 Å². The normalized spacial score (nSPS) is 29.6. The number of aliphatic carboxylic acids is 1. The zero-order valence-electron chi connectivity index (χ0n) is 11.5. The molecule has 2 unspecified atom stereocenters. The molecule has 2 heterocycles. The molecule has 0 bridgehead atoms. The number of rotatable bonds is 3. The summed E-state index contributed by atoms with van der Waals surface area (Å²) in [6.07, 6.45) is 0. The first kappa shape index (κ1) is 14.7. The predicted molar refractivity (Wildman–Crippen MR) is 86.3 cm³/mol. The maximum atomic E-state index is 11.2. The van der Waals surface area contributed by atoms with E-state index in [1.165, 1.54) is 0 Å². The lowest BCUT2D eigenvalue weighted by atomic mass is 10.2. The largest absolute Gasteiger partial charge is 0.507 e. The molecule has 7 heteroatoms. The second-order valence-electron chi connectivity index (χ2n) is 5.07. The number of carbonyl (C=O) groups is 1. The molecule has 0 aliphatic carbocycles. The van der Waals surface area contributed by atoms with E-state index in [0.29, 0.717) is 5.75 Å². The van der Waals surface area contributed by atoms with Crippen molar-refractivity contribution in [3.8, 4) is 5.75 Å². The van der Waals surface area contributed by atoms with Gasteiger partial charge in [0.2, 0.25) is 0 Å². The maximum absolute atomic E-state index is 11.2. The van der Waals surface area contributed by atoms with Crippen LogP contribution in [-0.4, -0.2) is 62.1 Å². The van der Waals surface area contributed by atoms with E-state index in [1.807, 2.05) is 24.1 Å². The highest BCUT2D eigenvalue weighted by atomic mass is 32.2. The molecule has 112 valence electrons. The topological polar surface area (TPSA) is 73.1 Å². The third kappa shape index (κ3) is 2.77. The quantitative estimate of drug-likeness (QED) is 0.882. The van der Waals surface area contributed by atoms with Crippen LogP contribution in [0.5, 0.6) is 5.75 Å². The van der Waals surface area contributed by atoms with Gasteiger partial charge in [-0.2, -0.15) is 0 Å². The molecule has 1 aromatic carbocycles. The second kappa shape index (κ2) is 5.90. The number of phenolic OH excluding ortho intramolecular Hbond substituents is 1. The number of carboxylic acid groups (broad SMARTS) is 1. The second-order valence-corrected chi connectivity index (χ2v) is 7.23. The number of aromatic hydroxyl groups is 1. The first-order chi connectivity index (χ1) is 10.1. The van der Waals surface area contributed by atoms with Crippen LogP contribution in [0.1, 0.15) is 5.56 Å². The van der Waals surface area contributed by atoms with E-state index in [-0.39, 0.29) is 17.2 Å². The first-order valence-corrected chi connectivity index (χ1v) is 8.66. The van der Waals surface area contributed by atoms with Gasteiger partial charge in [-0.3, -0.25) is 14.7 Å². The molecule has 0 aromatic heterocycles. The SMILES string of the molecule is CN1C(C(=O)O)CSC1[C@H]1CSC(c2ccccc2O)=N1. The monoisotopic (exact) mass is 324 g/mol. The van der Waals surface area contributed by atoms with Crippen molar-refractivity contribution in [3.63, 3.8) is 0 Å². The number of hydrogen-bond donors (Lipinski definition) is 2. The van der Waals surface area contributed by atoms with Crippen molar-refractivity contribution in [2.24, 2.45) is 4.99 Å². The minimum atomic E-state index is -0.775. The predicted octanol–water partition coefficient (Wildman–Crippen LogP) is 1.71. The lowest BCUT2D eigenvalue weighted by Crippen LogP contribution is -2.42. The summed E-state index contributed by atoms with van der Waals surface area (Å²) >= 11 is 3.27. The van der Waals surface area contributed by atoms with E-state index in [1.54, 1.807) is 35.7 Å². The summed E-state index contributed by atoms with van der Waals surface area (Å²) in [4.78, 5) is 17.8. The lowest BCUT2D eigenvalue weighted by Gasteiger charge is -2.24. The molecule has 0 amide bonds. The Morgan fingerprint density at radius 3 is 2.81 bits per heavy atom. The molecule has 1 fully saturated rings. The molecule has 21 heavy (non-hydrogen) atoms. The van der Waals surface area contributed by atoms with Gasteiger partial charge in [0.15, 0.2) is 0 Å². The molecular formula is C14H16N2O3S2. The Balaban J connectivity index is 1.78. The third-order valence-corrected chi connectivity index (χ3v) is 6.34. The summed E-state index contributed by atoms with van der Waals surface area (Å²) in [5.74, 6) is 0.875. The molecular weight excluding hydrogens is 308 g/mol. The maximum Gasteiger partial charge on any atom is 0.321 e. The molecule has 2 N–H and O–H groups in total. The van der Waals surface area contributed by atoms with Gasteiger partial charge in [0.05, 0.1) is 11.4 Å². The fraction of sp³-hybridized carbons (Fsp3) is 0.429. The Bertz CT molecular complexity index is 593. The van der Waals surface area contributed by atoms with E-state index in [4.69, 9.17) is 4.99 Å². The van der Waals surface area contributed by atoms with Gasteiger partial charge < -0.3 is 10.2 Å². The van der Waals surface area contributed by atoms with Crippen molar-refractivity contribution in [3.05, 3.63) is 29.8 Å². The average molecular weight is 324 g/mol. The number of aliphatic imine (C=N–C) groups is 1. The molecule has 0 saturated carbocycles. The third-order valence-electron chi connectivity index (χ3n) is 3.74. The summed E-state index contributed by atoms with van der Waals surface area (Å²) < 4.78 is 0. The van der Waals surface area contributed by atoms with Crippen LogP contribution in [0.3, 0.4) is 0 Å². The summed E-state index contributed by atoms with van der Waals surface area (Å²) in [6.45, 7) is 0. The van der Waals surface area contributed by atoms with Crippen LogP contribution in [0.2, 0.25) is 0 Å². The molecule has 3 atom stereocenters. The number of nitrogens with zero attached hydrogens (tertiary/aromatic N) is 2. The zero-order chi connectivity index (χ0) is 15.0. The fourth-order valence-corrected chi connectivity index (χ4v) is 5.33. The minimum absolute atomic E-state index is 0.0592. The smallest absolute Gasteiger partial charge is 0.321 e. The highest BCUT2D eigenvalue weighted by molar-refractivity contribution is 8.14. The first-order valence-electron chi connectivity index (χ1n) is 6.63. The van der Waals surface area contributed by atoms with Crippen LogP contribution in [0.15, 0.2) is 29.3 Å². The summed E-state index contributed by atoms with van der Waals surface area (Å²) in [5.41, 5.74) is 0.755. The van der Waals surface area contributed by atoms with Crippen molar-refractivity contribution >= 4 is 34.5 Å². The van der Waals surface area contributed by atoms with Crippen LogP contribution in [0.4, 0.5) is 0 Å². The highest BCUT2D eigenvalue weighted by Crippen LogP contribution is 2.37. The number of likely N-dealkylation sites (N-methyl/N-ethyl adjacent to an activating group) is 1. The molecule has 0 radical (unpaired) electrons. The van der Waals surface area contributed by atoms with E-state index in [0.717, 1.165) is 16.4 Å². The summed E-state index contributed by atoms with van der Waals surface area (Å²) in [7, 11) is 1.85. The molecule has 0 spiro atoms. The van der Waals surface area contributed by atoms with Crippen LogP contribution < -0.4 is 0 Å². The van der Waals surface area contributed by atoms with Crippen molar-refractivity contribution in [1.82, 2.24) is 4.90 Å². The summed E-state index contributed by atoms with van der Waals surface area (Å²) in [6, 6.07) is 6.80. The number of phenols is 1. The van der Waals surface area contributed by atoms with Gasteiger partial charge in [-0.15, -0.1) is 23.5 Å². The van der Waals surface area contributed by atoms with Crippen LogP contribution >= 0.6 is 23.5 Å². The van der Waals surface area contributed by atoms with Crippen LogP contribution in [0, 0.1) is 0 Å². The van der Waals surface area contributed by atoms with Crippen molar-refractivity contribution < 1.29 is 15.0 Å². The van der Waals surface area contributed by atoms with Gasteiger partial charge in [-0.05, 0) is 19.2 Å². The Labute approximate surface area is 131 Å². The zero-order valence-corrected chi connectivity index (χ0v) is 13.1. The van der Waals surface area contributed by atoms with Gasteiger partial charge >= 0.3 is 5.97 Å². The van der Waals surface area contributed by atoms with Crippen LogP contribution in [-0.2, 0) is 4.79 Å². The van der Waals surface area contributed by atoms with Crippen molar-refractivity contribution in [2.45, 2.75) is 17.5 Å². The summed E-state index contributed by atoms with van der Waals surface area (Å²) in [5, 5.41) is 20.0.